The largest absolute Gasteiger partial charge is 0.417 e. The van der Waals surface area contributed by atoms with Crippen LogP contribution in [0.25, 0.3) is 0 Å². The Morgan fingerprint density at radius 1 is 1.00 bits per heavy atom. The number of carbonyl (C=O) groups is 1. The molecule has 1 saturated heterocycles. The first-order chi connectivity index (χ1) is 15.6. The maximum atomic E-state index is 13.3. The third-order valence-corrected chi connectivity index (χ3v) is 7.58. The van der Waals surface area contributed by atoms with E-state index >= 15 is 0 Å². The molecule has 6 nitrogen and oxygen atoms in total. The number of piperazine rings is 1. The standard InChI is InChI=1S/C23H28F3N3O3S/c1-18(11-12-19-7-3-2-4-8-19)27-22(30)17-28-13-15-29(16-14-28)33(31,32)21-10-6-5-9-20(21)23(24,25)26/h2-10,18H,11-17H2,1H3,(H,27,30)/t18-/m0/s1. The molecule has 1 N–H and O–H groups in total. The molecule has 0 radical (unpaired) electrons. The minimum absolute atomic E-state index is 0.0155. The topological polar surface area (TPSA) is 69.7 Å². The van der Waals surface area contributed by atoms with Crippen LogP contribution >= 0.6 is 0 Å². The Balaban J connectivity index is 1.50. The van der Waals surface area contributed by atoms with Gasteiger partial charge >= 0.3 is 6.18 Å². The van der Waals surface area contributed by atoms with Crippen molar-refractivity contribution in [3.8, 4) is 0 Å². The van der Waals surface area contributed by atoms with Crippen LogP contribution in [0.3, 0.4) is 0 Å². The molecule has 0 unspecified atom stereocenters. The molecule has 0 aliphatic carbocycles. The summed E-state index contributed by atoms with van der Waals surface area (Å²) in [5.41, 5.74) is 0.0272. The highest BCUT2D eigenvalue weighted by molar-refractivity contribution is 7.89. The van der Waals surface area contributed by atoms with Gasteiger partial charge in [-0.05, 0) is 37.5 Å². The van der Waals surface area contributed by atoms with Crippen molar-refractivity contribution in [2.24, 2.45) is 0 Å². The lowest BCUT2D eigenvalue weighted by Crippen LogP contribution is -2.51. The van der Waals surface area contributed by atoms with Crippen LogP contribution in [0.2, 0.25) is 0 Å². The molecule has 0 aromatic heterocycles. The van der Waals surface area contributed by atoms with E-state index in [9.17, 15) is 26.4 Å². The van der Waals surface area contributed by atoms with Gasteiger partial charge in [-0.3, -0.25) is 9.69 Å². The second kappa shape index (κ2) is 10.7. The summed E-state index contributed by atoms with van der Waals surface area (Å²) in [6.07, 6.45) is -3.13. The van der Waals surface area contributed by atoms with E-state index in [1.165, 1.54) is 17.7 Å². The SMILES string of the molecule is C[C@@H](CCc1ccccc1)NC(=O)CN1CCN(S(=O)(=O)c2ccccc2C(F)(F)F)CC1. The molecule has 1 heterocycles. The number of rotatable bonds is 8. The first-order valence-corrected chi connectivity index (χ1v) is 12.2. The normalized spacial score (nSPS) is 17.0. The Hall–Kier alpha value is -2.43. The van der Waals surface area contributed by atoms with Crippen LogP contribution in [0.4, 0.5) is 13.2 Å². The predicted octanol–water partition coefficient (Wildman–Crippen LogP) is 3.15. The molecule has 1 atom stereocenters. The van der Waals surface area contributed by atoms with Crippen molar-refractivity contribution in [2.75, 3.05) is 32.7 Å². The lowest BCUT2D eigenvalue weighted by molar-refractivity contribution is -0.140. The fourth-order valence-corrected chi connectivity index (χ4v) is 5.45. The van der Waals surface area contributed by atoms with Crippen LogP contribution < -0.4 is 5.32 Å². The van der Waals surface area contributed by atoms with Gasteiger partial charge in [-0.2, -0.15) is 17.5 Å². The predicted molar refractivity (Wildman–Crippen MR) is 119 cm³/mol. The zero-order valence-corrected chi connectivity index (χ0v) is 19.2. The van der Waals surface area contributed by atoms with E-state index in [1.807, 2.05) is 37.3 Å². The number of nitrogens with one attached hydrogen (secondary N) is 1. The van der Waals surface area contributed by atoms with Gasteiger partial charge in [-0.25, -0.2) is 8.42 Å². The van der Waals surface area contributed by atoms with Crippen molar-refractivity contribution in [1.82, 2.24) is 14.5 Å². The molecular formula is C23H28F3N3O3S. The Kier molecular flexibility index (Phi) is 8.14. The van der Waals surface area contributed by atoms with Crippen LogP contribution in [0.1, 0.15) is 24.5 Å². The number of aryl methyl sites for hydroxylation is 1. The van der Waals surface area contributed by atoms with Gasteiger partial charge in [-0.15, -0.1) is 0 Å². The van der Waals surface area contributed by atoms with Gasteiger partial charge < -0.3 is 5.32 Å². The number of carbonyl (C=O) groups excluding carboxylic acids is 1. The van der Waals surface area contributed by atoms with E-state index in [0.717, 1.165) is 29.3 Å². The number of sulfonamides is 1. The third kappa shape index (κ3) is 6.78. The molecule has 10 heteroatoms. The molecule has 33 heavy (non-hydrogen) atoms. The molecule has 0 saturated carbocycles. The summed E-state index contributed by atoms with van der Waals surface area (Å²) in [4.78, 5) is 13.4. The highest BCUT2D eigenvalue weighted by Crippen LogP contribution is 2.35. The molecule has 0 bridgehead atoms. The lowest BCUT2D eigenvalue weighted by atomic mass is 10.1. The van der Waals surface area contributed by atoms with E-state index in [-0.39, 0.29) is 44.7 Å². The summed E-state index contributed by atoms with van der Waals surface area (Å²) < 4.78 is 66.6. The zero-order valence-electron chi connectivity index (χ0n) is 18.4. The lowest BCUT2D eigenvalue weighted by Gasteiger charge is -2.34. The smallest absolute Gasteiger partial charge is 0.353 e. The number of hydrogen-bond donors (Lipinski definition) is 1. The molecule has 3 rings (SSSR count). The maximum absolute atomic E-state index is 13.3. The fourth-order valence-electron chi connectivity index (χ4n) is 3.82. The summed E-state index contributed by atoms with van der Waals surface area (Å²) >= 11 is 0. The van der Waals surface area contributed by atoms with Gasteiger partial charge in [0.25, 0.3) is 0 Å². The molecule has 0 spiro atoms. The highest BCUT2D eigenvalue weighted by atomic mass is 32.2. The van der Waals surface area contributed by atoms with Crippen molar-refractivity contribution in [2.45, 2.75) is 36.9 Å². The van der Waals surface area contributed by atoms with Crippen molar-refractivity contribution in [3.05, 3.63) is 65.7 Å². The molecular weight excluding hydrogens is 455 g/mol. The quantitative estimate of drug-likeness (QED) is 0.627. The Bertz CT molecular complexity index is 1040. The minimum Gasteiger partial charge on any atom is -0.353 e. The minimum atomic E-state index is -4.76. The molecule has 2 aromatic carbocycles. The Morgan fingerprint density at radius 3 is 2.24 bits per heavy atom. The van der Waals surface area contributed by atoms with Crippen LogP contribution in [0.15, 0.2) is 59.5 Å². The molecule has 1 fully saturated rings. The van der Waals surface area contributed by atoms with Crippen molar-refractivity contribution < 1.29 is 26.4 Å². The van der Waals surface area contributed by atoms with Gasteiger partial charge in [0.15, 0.2) is 0 Å². The van der Waals surface area contributed by atoms with Gasteiger partial charge in [0.05, 0.1) is 17.0 Å². The van der Waals surface area contributed by atoms with E-state index in [0.29, 0.717) is 0 Å². The Morgan fingerprint density at radius 2 is 1.61 bits per heavy atom. The Labute approximate surface area is 192 Å². The monoisotopic (exact) mass is 483 g/mol. The molecule has 2 aromatic rings. The maximum Gasteiger partial charge on any atom is 0.417 e. The number of nitrogens with zero attached hydrogens (tertiary/aromatic N) is 2. The summed E-state index contributed by atoms with van der Waals surface area (Å²) in [6, 6.07) is 14.2. The van der Waals surface area contributed by atoms with Gasteiger partial charge in [0.2, 0.25) is 15.9 Å². The number of benzene rings is 2. The van der Waals surface area contributed by atoms with Gasteiger partial charge in [0.1, 0.15) is 0 Å². The molecule has 1 aliphatic heterocycles. The fraction of sp³-hybridized carbons (Fsp3) is 0.435. The summed E-state index contributed by atoms with van der Waals surface area (Å²) in [6.45, 7) is 2.61. The highest BCUT2D eigenvalue weighted by Gasteiger charge is 2.39. The van der Waals surface area contributed by atoms with E-state index in [1.54, 1.807) is 4.90 Å². The number of hydrogen-bond acceptors (Lipinski definition) is 4. The molecule has 1 amide bonds. The van der Waals surface area contributed by atoms with Gasteiger partial charge in [0, 0.05) is 32.2 Å². The molecule has 180 valence electrons. The van der Waals surface area contributed by atoms with Crippen molar-refractivity contribution in [1.29, 1.82) is 0 Å². The van der Waals surface area contributed by atoms with E-state index in [2.05, 4.69) is 5.32 Å². The van der Waals surface area contributed by atoms with E-state index in [4.69, 9.17) is 0 Å². The third-order valence-electron chi connectivity index (χ3n) is 5.62. The van der Waals surface area contributed by atoms with E-state index < -0.39 is 26.7 Å². The first-order valence-electron chi connectivity index (χ1n) is 10.8. The summed E-state index contributed by atoms with van der Waals surface area (Å²) in [7, 11) is -4.29. The first kappa shape index (κ1) is 25.2. The second-order valence-electron chi connectivity index (χ2n) is 8.17. The number of alkyl halides is 3. The average molecular weight is 484 g/mol. The molecule has 1 aliphatic rings. The van der Waals surface area contributed by atoms with Crippen LogP contribution in [0, 0.1) is 0 Å². The second-order valence-corrected chi connectivity index (χ2v) is 10.1. The van der Waals surface area contributed by atoms with Gasteiger partial charge in [-0.1, -0.05) is 42.5 Å². The summed E-state index contributed by atoms with van der Waals surface area (Å²) in [5.74, 6) is -0.158. The number of amides is 1. The average Bonchev–Trinajstić information content (AvgIpc) is 2.78. The van der Waals surface area contributed by atoms with Crippen molar-refractivity contribution in [3.63, 3.8) is 0 Å². The number of halogens is 3. The van der Waals surface area contributed by atoms with Crippen LogP contribution in [-0.4, -0.2) is 62.3 Å². The summed E-state index contributed by atoms with van der Waals surface area (Å²) in [5, 5.41) is 2.95. The zero-order chi connectivity index (χ0) is 24.1. The van der Waals surface area contributed by atoms with Crippen LogP contribution in [0.5, 0.6) is 0 Å². The van der Waals surface area contributed by atoms with Crippen LogP contribution in [-0.2, 0) is 27.4 Å². The van der Waals surface area contributed by atoms with Crippen molar-refractivity contribution >= 4 is 15.9 Å².